The number of para-hydroxylation sites is 1. The third-order valence-corrected chi connectivity index (χ3v) is 6.33. The van der Waals surface area contributed by atoms with Crippen LogP contribution in [0.5, 0.6) is 5.75 Å². The normalized spacial score (nSPS) is 17.9. The Kier molecular flexibility index (Phi) is 7.25. The number of nitrogens with zero attached hydrogens (tertiary/aromatic N) is 3. The Morgan fingerprint density at radius 2 is 1.97 bits per heavy atom. The Bertz CT molecular complexity index is 1230. The molecule has 1 saturated heterocycles. The van der Waals surface area contributed by atoms with Crippen LogP contribution in [0, 0.1) is 5.92 Å². The van der Waals surface area contributed by atoms with E-state index in [1.54, 1.807) is 30.3 Å². The van der Waals surface area contributed by atoms with Crippen LogP contribution in [-0.4, -0.2) is 51.6 Å². The van der Waals surface area contributed by atoms with Gasteiger partial charge >= 0.3 is 0 Å². The highest BCUT2D eigenvalue weighted by molar-refractivity contribution is 6.29. The van der Waals surface area contributed by atoms with Crippen LogP contribution < -0.4 is 10.5 Å². The van der Waals surface area contributed by atoms with Crippen molar-refractivity contribution in [3.8, 4) is 5.75 Å². The lowest BCUT2D eigenvalue weighted by atomic mass is 9.89. The predicted molar refractivity (Wildman–Crippen MR) is 133 cm³/mol. The highest BCUT2D eigenvalue weighted by atomic mass is 35.5. The molecule has 8 nitrogen and oxygen atoms in total. The zero-order valence-corrected chi connectivity index (χ0v) is 20.5. The molecule has 3 N–H and O–H groups in total. The first-order valence-corrected chi connectivity index (χ1v) is 11.9. The van der Waals surface area contributed by atoms with E-state index in [4.69, 9.17) is 22.1 Å². The van der Waals surface area contributed by atoms with Gasteiger partial charge in [-0.3, -0.25) is 14.8 Å². The second-order valence-electron chi connectivity index (χ2n) is 9.25. The topological polar surface area (TPSA) is 109 Å². The number of amides is 2. The molecule has 2 amide bonds. The molecule has 9 heteroatoms. The van der Waals surface area contributed by atoms with E-state index in [0.29, 0.717) is 41.1 Å². The van der Waals surface area contributed by atoms with Gasteiger partial charge in [0.05, 0.1) is 12.1 Å². The summed E-state index contributed by atoms with van der Waals surface area (Å²) in [6, 6.07) is 16.6. The van der Waals surface area contributed by atoms with E-state index in [2.05, 4.69) is 4.98 Å². The predicted octanol–water partition coefficient (Wildman–Crippen LogP) is 3.73. The molecule has 0 aliphatic carbocycles. The minimum Gasteiger partial charge on any atom is -0.489 e. The van der Waals surface area contributed by atoms with Gasteiger partial charge in [0, 0.05) is 17.5 Å². The van der Waals surface area contributed by atoms with Gasteiger partial charge in [0.2, 0.25) is 5.91 Å². The number of likely N-dealkylation sites (tertiary alicyclic amines) is 1. The van der Waals surface area contributed by atoms with Crippen molar-refractivity contribution in [3.63, 3.8) is 0 Å². The molecule has 1 aliphatic rings. The zero-order valence-electron chi connectivity index (χ0n) is 19.8. The van der Waals surface area contributed by atoms with E-state index in [-0.39, 0.29) is 24.9 Å². The van der Waals surface area contributed by atoms with Crippen molar-refractivity contribution in [2.75, 3.05) is 19.6 Å². The number of hydroxylamine groups is 2. The van der Waals surface area contributed by atoms with Crippen molar-refractivity contribution >= 4 is 34.3 Å². The summed E-state index contributed by atoms with van der Waals surface area (Å²) in [5.41, 5.74) is 7.63. The number of benzene rings is 2. The number of fused-ring (bicyclic) bond motifs is 1. The molecule has 0 radical (unpaired) electrons. The van der Waals surface area contributed by atoms with Crippen molar-refractivity contribution in [2.45, 2.75) is 32.4 Å². The molecule has 3 aromatic rings. The molecule has 1 atom stereocenters. The van der Waals surface area contributed by atoms with Crippen LogP contribution in [0.1, 0.15) is 31.4 Å². The van der Waals surface area contributed by atoms with Crippen LogP contribution >= 0.6 is 11.6 Å². The maximum Gasteiger partial charge on any atom is 0.265 e. The van der Waals surface area contributed by atoms with E-state index in [9.17, 15) is 14.8 Å². The maximum absolute atomic E-state index is 13.1. The number of pyridine rings is 1. The first-order valence-electron chi connectivity index (χ1n) is 11.5. The first-order chi connectivity index (χ1) is 16.7. The lowest BCUT2D eigenvalue weighted by Crippen LogP contribution is -2.48. The van der Waals surface area contributed by atoms with Crippen LogP contribution in [-0.2, 0) is 21.7 Å². The fourth-order valence-corrected chi connectivity index (χ4v) is 4.48. The minimum atomic E-state index is -1.23. The summed E-state index contributed by atoms with van der Waals surface area (Å²) in [6.07, 6.45) is 0.371. The summed E-state index contributed by atoms with van der Waals surface area (Å²) >= 11 is 6.16. The minimum absolute atomic E-state index is 0.113. The van der Waals surface area contributed by atoms with Gasteiger partial charge in [0.25, 0.3) is 5.91 Å². The van der Waals surface area contributed by atoms with Gasteiger partial charge in [-0.25, -0.2) is 10.0 Å². The lowest BCUT2D eigenvalue weighted by molar-refractivity contribution is -0.169. The molecule has 2 heterocycles. The largest absolute Gasteiger partial charge is 0.489 e. The molecule has 0 spiro atoms. The molecule has 0 bridgehead atoms. The van der Waals surface area contributed by atoms with Crippen molar-refractivity contribution in [1.82, 2.24) is 14.9 Å². The molecule has 4 rings (SSSR count). The standard InChI is InChI=1S/C26H29ClN4O4/c1-17(2)14-31(34)24(32)15-30-12-11-26(28,25(30)33)19-7-9-20(10-8-19)35-16-18-13-23(27)29-22-6-4-3-5-21(18)22/h3-10,13,17,34H,11-12,14-16,28H2,1-2H3/t26-/m1/s1. The summed E-state index contributed by atoms with van der Waals surface area (Å²) < 4.78 is 5.96. The quantitative estimate of drug-likeness (QED) is 0.279. The summed E-state index contributed by atoms with van der Waals surface area (Å²) in [6.45, 7) is 4.43. The Morgan fingerprint density at radius 1 is 1.26 bits per heavy atom. The number of hydrogen-bond donors (Lipinski definition) is 2. The molecule has 1 aliphatic heterocycles. The van der Waals surface area contributed by atoms with Crippen molar-refractivity contribution in [2.24, 2.45) is 11.7 Å². The number of hydrogen-bond acceptors (Lipinski definition) is 6. The van der Waals surface area contributed by atoms with Crippen LogP contribution in [0.15, 0.2) is 54.6 Å². The molecule has 0 unspecified atom stereocenters. The van der Waals surface area contributed by atoms with Gasteiger partial charge in [-0.2, -0.15) is 0 Å². The molecule has 35 heavy (non-hydrogen) atoms. The fraction of sp³-hybridized carbons (Fsp3) is 0.346. The molecule has 1 fully saturated rings. The highest BCUT2D eigenvalue weighted by Gasteiger charge is 2.45. The Hall–Kier alpha value is -3.20. The lowest BCUT2D eigenvalue weighted by Gasteiger charge is -2.25. The number of halogens is 1. The van der Waals surface area contributed by atoms with Crippen molar-refractivity contribution < 1.29 is 19.5 Å². The molecular formula is C26H29ClN4O4. The zero-order chi connectivity index (χ0) is 25.2. The summed E-state index contributed by atoms with van der Waals surface area (Å²) in [7, 11) is 0. The Balaban J connectivity index is 1.41. The number of nitrogens with two attached hydrogens (primary N) is 1. The summed E-state index contributed by atoms with van der Waals surface area (Å²) in [4.78, 5) is 31.1. The Labute approximate surface area is 209 Å². The second-order valence-corrected chi connectivity index (χ2v) is 9.64. The fourth-order valence-electron chi connectivity index (χ4n) is 4.25. The van der Waals surface area contributed by atoms with Crippen molar-refractivity contribution in [3.05, 3.63) is 70.9 Å². The van der Waals surface area contributed by atoms with E-state index < -0.39 is 11.4 Å². The van der Waals surface area contributed by atoms with Gasteiger partial charge in [0.1, 0.15) is 29.6 Å². The number of ether oxygens (including phenoxy) is 1. The van der Waals surface area contributed by atoms with Crippen LogP contribution in [0.25, 0.3) is 10.9 Å². The first kappa shape index (κ1) is 24.9. The van der Waals surface area contributed by atoms with Crippen LogP contribution in [0.4, 0.5) is 0 Å². The third-order valence-electron chi connectivity index (χ3n) is 6.13. The van der Waals surface area contributed by atoms with Gasteiger partial charge in [-0.15, -0.1) is 0 Å². The molecule has 1 aromatic heterocycles. The highest BCUT2D eigenvalue weighted by Crippen LogP contribution is 2.32. The number of rotatable bonds is 8. The van der Waals surface area contributed by atoms with Gasteiger partial charge in [0.15, 0.2) is 0 Å². The van der Waals surface area contributed by atoms with Crippen molar-refractivity contribution in [1.29, 1.82) is 0 Å². The van der Waals surface area contributed by atoms with E-state index >= 15 is 0 Å². The average Bonchev–Trinajstić information content (AvgIpc) is 3.11. The number of carbonyl (C=O) groups excluding carboxylic acids is 2. The number of aromatic nitrogens is 1. The number of carbonyl (C=O) groups is 2. The average molecular weight is 497 g/mol. The van der Waals surface area contributed by atoms with Gasteiger partial charge in [-0.1, -0.05) is 55.8 Å². The molecule has 2 aromatic carbocycles. The van der Waals surface area contributed by atoms with E-state index in [1.807, 2.05) is 38.1 Å². The monoisotopic (exact) mass is 496 g/mol. The van der Waals surface area contributed by atoms with E-state index in [1.165, 1.54) is 4.90 Å². The third kappa shape index (κ3) is 5.40. The summed E-state index contributed by atoms with van der Waals surface area (Å²) in [5, 5.41) is 11.9. The molecular weight excluding hydrogens is 468 g/mol. The van der Waals surface area contributed by atoms with Gasteiger partial charge < -0.3 is 15.4 Å². The van der Waals surface area contributed by atoms with Crippen LogP contribution in [0.3, 0.4) is 0 Å². The van der Waals surface area contributed by atoms with Gasteiger partial charge in [-0.05, 0) is 42.2 Å². The molecule has 0 saturated carbocycles. The van der Waals surface area contributed by atoms with Crippen LogP contribution in [0.2, 0.25) is 5.15 Å². The summed E-state index contributed by atoms with van der Waals surface area (Å²) in [5.74, 6) is -0.127. The smallest absolute Gasteiger partial charge is 0.265 e. The second kappa shape index (κ2) is 10.2. The SMILES string of the molecule is CC(C)CN(O)C(=O)CN1CC[C@@](N)(c2ccc(OCc3cc(Cl)nc4ccccc34)cc2)C1=O. The maximum atomic E-state index is 13.1. The Morgan fingerprint density at radius 3 is 2.69 bits per heavy atom. The molecule has 184 valence electrons. The van der Waals surface area contributed by atoms with E-state index in [0.717, 1.165) is 16.5 Å².